The first-order chi connectivity index (χ1) is 11.6. The summed E-state index contributed by atoms with van der Waals surface area (Å²) in [6.45, 7) is 0. The monoisotopic (exact) mass is 342 g/mol. The van der Waals surface area contributed by atoms with Crippen molar-refractivity contribution in [1.29, 1.82) is 0 Å². The Morgan fingerprint density at radius 2 is 1.96 bits per heavy atom. The smallest absolute Gasteiger partial charge is 0.256 e. The van der Waals surface area contributed by atoms with Crippen molar-refractivity contribution in [1.82, 2.24) is 9.38 Å². The fraction of sp³-hybridized carbons (Fsp3) is 0.176. The molecule has 1 aromatic carbocycles. The first kappa shape index (κ1) is 14.9. The van der Waals surface area contributed by atoms with E-state index < -0.39 is 10.8 Å². The molecule has 24 heavy (non-hydrogen) atoms. The summed E-state index contributed by atoms with van der Waals surface area (Å²) in [5.74, 6) is 1.22. The molecule has 0 spiro atoms. The van der Waals surface area contributed by atoms with Crippen molar-refractivity contribution >= 4 is 38.1 Å². The lowest BCUT2D eigenvalue weighted by molar-refractivity contribution is 0.415. The number of aromatic nitrogens is 2. The summed E-state index contributed by atoms with van der Waals surface area (Å²) in [5, 5.41) is 1.64. The van der Waals surface area contributed by atoms with Gasteiger partial charge in [-0.3, -0.25) is 13.4 Å². The quantitative estimate of drug-likeness (QED) is 0.571. The van der Waals surface area contributed by atoms with Gasteiger partial charge >= 0.3 is 0 Å². The maximum Gasteiger partial charge on any atom is 0.256 e. The molecule has 7 heteroatoms. The number of hydrogen-bond donors (Lipinski definition) is 0. The molecule has 0 aliphatic carbocycles. The number of benzene rings is 1. The lowest BCUT2D eigenvalue weighted by Gasteiger charge is -2.07. The van der Waals surface area contributed by atoms with Gasteiger partial charge in [0.25, 0.3) is 5.56 Å². The van der Waals surface area contributed by atoms with E-state index in [0.29, 0.717) is 32.9 Å². The average molecular weight is 342 g/mol. The van der Waals surface area contributed by atoms with E-state index in [1.54, 1.807) is 30.9 Å². The molecule has 0 amide bonds. The highest BCUT2D eigenvalue weighted by Crippen LogP contribution is 2.38. The second-order valence-corrected chi connectivity index (χ2v) is 6.77. The molecule has 122 valence electrons. The number of hydrogen-bond acceptors (Lipinski definition) is 5. The van der Waals surface area contributed by atoms with Gasteiger partial charge in [0, 0.05) is 23.8 Å². The van der Waals surface area contributed by atoms with Crippen molar-refractivity contribution in [2.45, 2.75) is 4.90 Å². The third kappa shape index (κ3) is 1.85. The van der Waals surface area contributed by atoms with Crippen molar-refractivity contribution in [3.8, 4) is 11.5 Å². The Hall–Kier alpha value is -2.67. The second kappa shape index (κ2) is 5.17. The molecule has 3 aromatic heterocycles. The van der Waals surface area contributed by atoms with Crippen LogP contribution in [0.5, 0.6) is 11.5 Å². The molecule has 0 aliphatic heterocycles. The van der Waals surface area contributed by atoms with Gasteiger partial charge in [-0.2, -0.15) is 0 Å². The third-order valence-corrected chi connectivity index (χ3v) is 5.13. The molecule has 0 aliphatic rings. The van der Waals surface area contributed by atoms with Crippen LogP contribution in [0.15, 0.2) is 40.2 Å². The van der Waals surface area contributed by atoms with Gasteiger partial charge in [-0.25, -0.2) is 4.98 Å². The fourth-order valence-corrected chi connectivity index (χ4v) is 3.83. The minimum absolute atomic E-state index is 0.254. The van der Waals surface area contributed by atoms with Gasteiger partial charge in [0.15, 0.2) is 0 Å². The Labute approximate surface area is 139 Å². The van der Waals surface area contributed by atoms with Crippen molar-refractivity contribution in [2.24, 2.45) is 0 Å². The highest BCUT2D eigenvalue weighted by atomic mass is 32.2. The normalized spacial score (nSPS) is 13.0. The van der Waals surface area contributed by atoms with Crippen LogP contribution in [0.1, 0.15) is 0 Å². The predicted molar refractivity (Wildman–Crippen MR) is 93.1 cm³/mol. The minimum Gasteiger partial charge on any atom is -0.497 e. The zero-order chi connectivity index (χ0) is 17.0. The van der Waals surface area contributed by atoms with Crippen LogP contribution in [0.25, 0.3) is 27.3 Å². The highest BCUT2D eigenvalue weighted by Gasteiger charge is 2.21. The largest absolute Gasteiger partial charge is 0.497 e. The van der Waals surface area contributed by atoms with Crippen molar-refractivity contribution < 1.29 is 13.7 Å². The van der Waals surface area contributed by atoms with E-state index in [-0.39, 0.29) is 5.56 Å². The summed E-state index contributed by atoms with van der Waals surface area (Å²) in [4.78, 5) is 17.5. The number of pyridine rings is 2. The van der Waals surface area contributed by atoms with E-state index in [1.807, 2.05) is 12.1 Å². The molecule has 0 radical (unpaired) electrons. The number of nitrogens with zero attached hydrogens (tertiary/aromatic N) is 2. The van der Waals surface area contributed by atoms with Gasteiger partial charge in [-0.05, 0) is 12.1 Å². The topological polar surface area (TPSA) is 69.9 Å². The first-order valence-electron chi connectivity index (χ1n) is 7.21. The summed E-state index contributed by atoms with van der Waals surface area (Å²) < 4.78 is 24.4. The average Bonchev–Trinajstić information content (AvgIpc) is 2.93. The predicted octanol–water partition coefficient (Wildman–Crippen LogP) is 2.19. The van der Waals surface area contributed by atoms with Gasteiger partial charge in [0.05, 0.1) is 52.5 Å². The molecule has 0 saturated heterocycles. The standard InChI is InChI=1S/C17H14N2O4S/c1-22-9-4-5-10-11(6-9)19-14(20)7-13(24(3)21)16-17(19)15(10)12(23-2)8-18-16/h4-8H,1-3H3/t24-/m0/s1. The second-order valence-electron chi connectivity index (χ2n) is 5.42. The summed E-state index contributed by atoms with van der Waals surface area (Å²) in [5.41, 5.74) is 1.62. The summed E-state index contributed by atoms with van der Waals surface area (Å²) in [6.07, 6.45) is 3.14. The van der Waals surface area contributed by atoms with Gasteiger partial charge in [-0.15, -0.1) is 0 Å². The SMILES string of the molecule is COc1ccc2c3c(OC)cnc4c([S@](C)=O)cc(=O)n(c2c1)c43. The summed E-state index contributed by atoms with van der Waals surface area (Å²) in [6, 6.07) is 6.91. The number of methoxy groups -OCH3 is 2. The van der Waals surface area contributed by atoms with E-state index in [1.165, 1.54) is 12.3 Å². The molecule has 3 heterocycles. The minimum atomic E-state index is -1.32. The van der Waals surface area contributed by atoms with E-state index in [4.69, 9.17) is 9.47 Å². The Bertz CT molecular complexity index is 1180. The van der Waals surface area contributed by atoms with Crippen LogP contribution in [0.3, 0.4) is 0 Å². The molecule has 4 rings (SSSR count). The lowest BCUT2D eigenvalue weighted by atomic mass is 10.1. The Morgan fingerprint density at radius 3 is 2.62 bits per heavy atom. The molecule has 0 unspecified atom stereocenters. The van der Waals surface area contributed by atoms with Crippen LogP contribution in [0.2, 0.25) is 0 Å². The van der Waals surface area contributed by atoms with Gasteiger partial charge in [0.2, 0.25) is 0 Å². The van der Waals surface area contributed by atoms with E-state index in [0.717, 1.165) is 10.8 Å². The van der Waals surface area contributed by atoms with Crippen molar-refractivity contribution in [2.75, 3.05) is 20.5 Å². The molecular formula is C17H14N2O4S. The van der Waals surface area contributed by atoms with E-state index in [9.17, 15) is 9.00 Å². The van der Waals surface area contributed by atoms with Crippen LogP contribution in [0, 0.1) is 0 Å². The first-order valence-corrected chi connectivity index (χ1v) is 8.77. The Morgan fingerprint density at radius 1 is 1.17 bits per heavy atom. The van der Waals surface area contributed by atoms with Crippen LogP contribution in [-0.2, 0) is 10.8 Å². The van der Waals surface area contributed by atoms with Crippen LogP contribution >= 0.6 is 0 Å². The molecule has 6 nitrogen and oxygen atoms in total. The zero-order valence-corrected chi connectivity index (χ0v) is 14.1. The van der Waals surface area contributed by atoms with Crippen molar-refractivity contribution in [3.05, 3.63) is 40.8 Å². The molecule has 0 fully saturated rings. The summed E-state index contributed by atoms with van der Waals surface area (Å²) >= 11 is 0. The van der Waals surface area contributed by atoms with Crippen molar-refractivity contribution in [3.63, 3.8) is 0 Å². The van der Waals surface area contributed by atoms with Crippen LogP contribution < -0.4 is 15.0 Å². The lowest BCUT2D eigenvalue weighted by Crippen LogP contribution is -2.13. The van der Waals surface area contributed by atoms with Gasteiger partial charge in [-0.1, -0.05) is 0 Å². The Balaban J connectivity index is 2.38. The van der Waals surface area contributed by atoms with E-state index in [2.05, 4.69) is 4.98 Å². The molecule has 4 aromatic rings. The Kier molecular flexibility index (Phi) is 3.21. The number of rotatable bonds is 3. The number of ether oxygens (including phenoxy) is 2. The van der Waals surface area contributed by atoms with Gasteiger partial charge < -0.3 is 9.47 Å². The molecular weight excluding hydrogens is 328 g/mol. The molecule has 0 saturated carbocycles. The molecule has 1 atom stereocenters. The third-order valence-electron chi connectivity index (χ3n) is 4.20. The van der Waals surface area contributed by atoms with E-state index >= 15 is 0 Å². The maximum absolute atomic E-state index is 12.7. The maximum atomic E-state index is 12.7. The molecule has 0 bridgehead atoms. The highest BCUT2D eigenvalue weighted by molar-refractivity contribution is 7.84. The van der Waals surface area contributed by atoms with Gasteiger partial charge in [0.1, 0.15) is 17.0 Å². The van der Waals surface area contributed by atoms with Crippen LogP contribution in [-0.4, -0.2) is 34.1 Å². The summed E-state index contributed by atoms with van der Waals surface area (Å²) in [7, 11) is 1.81. The molecule has 0 N–H and O–H groups in total. The van der Waals surface area contributed by atoms with Crippen LogP contribution in [0.4, 0.5) is 0 Å². The number of fused-ring (bicyclic) bond motifs is 3. The zero-order valence-electron chi connectivity index (χ0n) is 13.3. The fourth-order valence-electron chi connectivity index (χ4n) is 3.15.